The van der Waals surface area contributed by atoms with E-state index in [1.165, 1.54) is 0 Å². The number of benzene rings is 1. The zero-order valence-corrected chi connectivity index (χ0v) is 14.6. The van der Waals surface area contributed by atoms with E-state index in [0.717, 1.165) is 11.4 Å². The van der Waals surface area contributed by atoms with Crippen molar-refractivity contribution in [2.75, 3.05) is 26.3 Å². The number of ether oxygens (including phenoxy) is 2. The zero-order valence-electron chi connectivity index (χ0n) is 14.6. The molecular weight excluding hydrogens is 320 g/mol. The van der Waals surface area contributed by atoms with Gasteiger partial charge >= 0.3 is 0 Å². The largest absolute Gasteiger partial charge is 0.376 e. The van der Waals surface area contributed by atoms with Crippen LogP contribution in [0.5, 0.6) is 0 Å². The normalized spacial score (nSPS) is 19.0. The van der Waals surface area contributed by atoms with Crippen LogP contribution in [0.25, 0.3) is 0 Å². The first-order valence-electron chi connectivity index (χ1n) is 8.54. The Hall–Kier alpha value is -2.25. The Labute approximate surface area is 147 Å². The van der Waals surface area contributed by atoms with Crippen LogP contribution in [0.1, 0.15) is 30.2 Å². The second-order valence-electron chi connectivity index (χ2n) is 6.32. The molecule has 1 aromatic heterocycles. The number of hydrogen-bond acceptors (Lipinski definition) is 5. The number of aryl methyl sites for hydroxylation is 1. The molecule has 7 nitrogen and oxygen atoms in total. The van der Waals surface area contributed by atoms with Crippen molar-refractivity contribution in [1.82, 2.24) is 20.1 Å². The maximum atomic E-state index is 12.7. The molecule has 0 unspecified atom stereocenters. The van der Waals surface area contributed by atoms with Crippen molar-refractivity contribution in [2.24, 2.45) is 5.92 Å². The first-order valence-corrected chi connectivity index (χ1v) is 8.54. The van der Waals surface area contributed by atoms with Crippen LogP contribution in [0.3, 0.4) is 0 Å². The minimum absolute atomic E-state index is 0.0774. The lowest BCUT2D eigenvalue weighted by atomic mass is 10.1. The predicted octanol–water partition coefficient (Wildman–Crippen LogP) is 1.87. The van der Waals surface area contributed by atoms with E-state index in [1.807, 2.05) is 49.1 Å². The summed E-state index contributed by atoms with van der Waals surface area (Å²) in [5.74, 6) is 1.22. The molecule has 0 saturated carbocycles. The van der Waals surface area contributed by atoms with Crippen molar-refractivity contribution < 1.29 is 14.3 Å². The van der Waals surface area contributed by atoms with Crippen LogP contribution in [-0.2, 0) is 20.9 Å². The van der Waals surface area contributed by atoms with Gasteiger partial charge in [-0.15, -0.1) is 0 Å². The molecule has 1 aliphatic rings. The van der Waals surface area contributed by atoms with Crippen LogP contribution in [0.4, 0.5) is 0 Å². The quantitative estimate of drug-likeness (QED) is 0.865. The third-order valence-corrected chi connectivity index (χ3v) is 4.18. The molecule has 0 aliphatic carbocycles. The number of carbonyl (C=O) groups is 1. The van der Waals surface area contributed by atoms with Crippen LogP contribution in [-0.4, -0.2) is 52.3 Å². The summed E-state index contributed by atoms with van der Waals surface area (Å²) >= 11 is 0. The van der Waals surface area contributed by atoms with Gasteiger partial charge in [0.2, 0.25) is 5.91 Å². The van der Waals surface area contributed by atoms with Gasteiger partial charge in [-0.25, -0.2) is 4.98 Å². The zero-order chi connectivity index (χ0) is 17.6. The van der Waals surface area contributed by atoms with Gasteiger partial charge in [-0.3, -0.25) is 9.89 Å². The Kier molecular flexibility index (Phi) is 5.78. The maximum absolute atomic E-state index is 12.7. The molecule has 1 saturated heterocycles. The topological polar surface area (TPSA) is 80.3 Å². The highest BCUT2D eigenvalue weighted by Gasteiger charge is 2.30. The summed E-state index contributed by atoms with van der Waals surface area (Å²) in [6.07, 6.45) is -0.278. The SMILES string of the molecule is Cc1nc([C@@H]2CN(C(=O)[C@H](C)COCc3ccccc3)CCO2)n[nH]1. The number of morpholine rings is 1. The Morgan fingerprint density at radius 3 is 2.96 bits per heavy atom. The molecule has 1 amide bonds. The number of carbonyl (C=O) groups excluding carboxylic acids is 1. The predicted molar refractivity (Wildman–Crippen MR) is 91.7 cm³/mol. The molecular formula is C18H24N4O3. The van der Waals surface area contributed by atoms with Gasteiger partial charge in [-0.05, 0) is 12.5 Å². The highest BCUT2D eigenvalue weighted by atomic mass is 16.5. The summed E-state index contributed by atoms with van der Waals surface area (Å²) < 4.78 is 11.4. The van der Waals surface area contributed by atoms with E-state index in [0.29, 0.717) is 38.7 Å². The number of hydrogen-bond donors (Lipinski definition) is 1. The van der Waals surface area contributed by atoms with Crippen molar-refractivity contribution in [3.05, 3.63) is 47.5 Å². The first-order chi connectivity index (χ1) is 12.1. The van der Waals surface area contributed by atoms with Crippen LogP contribution in [0, 0.1) is 12.8 Å². The summed E-state index contributed by atoms with van der Waals surface area (Å²) in [5, 5.41) is 6.95. The fourth-order valence-electron chi connectivity index (χ4n) is 2.82. The average molecular weight is 344 g/mol. The highest BCUT2D eigenvalue weighted by Crippen LogP contribution is 2.20. The van der Waals surface area contributed by atoms with Gasteiger partial charge in [0.1, 0.15) is 11.9 Å². The van der Waals surface area contributed by atoms with Crippen LogP contribution in [0.15, 0.2) is 30.3 Å². The molecule has 2 aromatic rings. The number of H-pyrrole nitrogens is 1. The van der Waals surface area contributed by atoms with E-state index in [9.17, 15) is 4.79 Å². The number of nitrogens with one attached hydrogen (secondary N) is 1. The Balaban J connectivity index is 1.49. The third-order valence-electron chi connectivity index (χ3n) is 4.18. The fourth-order valence-corrected chi connectivity index (χ4v) is 2.82. The summed E-state index contributed by atoms with van der Waals surface area (Å²) in [7, 11) is 0. The lowest BCUT2D eigenvalue weighted by Gasteiger charge is -2.33. The van der Waals surface area contributed by atoms with Crippen molar-refractivity contribution in [2.45, 2.75) is 26.6 Å². The standard InChI is InChI=1S/C18H24N4O3/c1-13(11-24-12-15-6-4-3-5-7-15)18(23)22-8-9-25-16(10-22)17-19-14(2)20-21-17/h3-7,13,16H,8-12H2,1-2H3,(H,19,20,21)/t13-,16+/m1/s1. The fraction of sp³-hybridized carbons (Fsp3) is 0.500. The second-order valence-corrected chi connectivity index (χ2v) is 6.32. The van der Waals surface area contributed by atoms with E-state index in [4.69, 9.17) is 9.47 Å². The van der Waals surface area contributed by atoms with Crippen molar-refractivity contribution in [3.63, 3.8) is 0 Å². The molecule has 1 aromatic carbocycles. The summed E-state index contributed by atoms with van der Waals surface area (Å²) in [4.78, 5) is 18.8. The monoisotopic (exact) mass is 344 g/mol. The molecule has 1 aliphatic heterocycles. The lowest BCUT2D eigenvalue weighted by Crippen LogP contribution is -2.45. The van der Waals surface area contributed by atoms with Gasteiger partial charge in [0.05, 0.1) is 32.3 Å². The van der Waals surface area contributed by atoms with Gasteiger partial charge < -0.3 is 14.4 Å². The van der Waals surface area contributed by atoms with Crippen LogP contribution in [0.2, 0.25) is 0 Å². The minimum Gasteiger partial charge on any atom is -0.376 e. The summed E-state index contributed by atoms with van der Waals surface area (Å²) in [6.45, 7) is 6.20. The highest BCUT2D eigenvalue weighted by molar-refractivity contribution is 5.78. The van der Waals surface area contributed by atoms with Crippen LogP contribution < -0.4 is 0 Å². The van der Waals surface area contributed by atoms with Gasteiger partial charge in [0.25, 0.3) is 0 Å². The van der Waals surface area contributed by atoms with Gasteiger partial charge in [0.15, 0.2) is 5.82 Å². The summed E-state index contributed by atoms with van der Waals surface area (Å²) in [6, 6.07) is 9.95. The lowest BCUT2D eigenvalue weighted by molar-refractivity contribution is -0.145. The van der Waals surface area contributed by atoms with Crippen molar-refractivity contribution >= 4 is 5.91 Å². The van der Waals surface area contributed by atoms with Gasteiger partial charge in [-0.2, -0.15) is 5.10 Å². The average Bonchev–Trinajstić information content (AvgIpc) is 3.08. The number of aromatic amines is 1. The van der Waals surface area contributed by atoms with E-state index in [2.05, 4.69) is 15.2 Å². The molecule has 0 spiro atoms. The number of amides is 1. The molecule has 3 rings (SSSR count). The summed E-state index contributed by atoms with van der Waals surface area (Å²) in [5.41, 5.74) is 1.11. The van der Waals surface area contributed by atoms with Gasteiger partial charge in [-0.1, -0.05) is 37.3 Å². The molecule has 134 valence electrons. The minimum atomic E-state index is -0.278. The van der Waals surface area contributed by atoms with Gasteiger partial charge in [0, 0.05) is 6.54 Å². The number of aromatic nitrogens is 3. The Morgan fingerprint density at radius 1 is 1.44 bits per heavy atom. The molecule has 0 bridgehead atoms. The number of rotatable bonds is 6. The van der Waals surface area contributed by atoms with E-state index in [-0.39, 0.29) is 17.9 Å². The molecule has 1 N–H and O–H groups in total. The first kappa shape index (κ1) is 17.6. The molecule has 2 atom stereocenters. The molecule has 2 heterocycles. The Bertz CT molecular complexity index is 689. The van der Waals surface area contributed by atoms with E-state index in [1.54, 1.807) is 0 Å². The molecule has 0 radical (unpaired) electrons. The van der Waals surface area contributed by atoms with E-state index >= 15 is 0 Å². The molecule has 1 fully saturated rings. The second kappa shape index (κ2) is 8.22. The number of nitrogens with zero attached hydrogens (tertiary/aromatic N) is 3. The third kappa shape index (κ3) is 4.64. The van der Waals surface area contributed by atoms with Crippen molar-refractivity contribution in [3.8, 4) is 0 Å². The smallest absolute Gasteiger partial charge is 0.227 e. The maximum Gasteiger partial charge on any atom is 0.227 e. The Morgan fingerprint density at radius 2 is 2.24 bits per heavy atom. The molecule has 7 heteroatoms. The van der Waals surface area contributed by atoms with Crippen LogP contribution >= 0.6 is 0 Å². The molecule has 25 heavy (non-hydrogen) atoms. The van der Waals surface area contributed by atoms with Crippen molar-refractivity contribution in [1.29, 1.82) is 0 Å². The van der Waals surface area contributed by atoms with E-state index < -0.39 is 0 Å².